The zero-order valence-corrected chi connectivity index (χ0v) is 23.0. The van der Waals surface area contributed by atoms with Crippen molar-refractivity contribution in [3.63, 3.8) is 0 Å². The molecular formula is C21H28F2N7O3S2Si. The number of hydrogen-bond donors (Lipinski definition) is 2. The van der Waals surface area contributed by atoms with E-state index in [0.717, 1.165) is 23.2 Å². The first-order valence-electron chi connectivity index (χ1n) is 11.5. The van der Waals surface area contributed by atoms with Crippen LogP contribution in [0.2, 0.25) is 6.55 Å². The number of imidazole rings is 1. The maximum atomic E-state index is 13.6. The highest BCUT2D eigenvalue weighted by molar-refractivity contribution is 7.89. The number of aromatic nitrogens is 4. The molecule has 2 aliphatic rings. The highest BCUT2D eigenvalue weighted by Gasteiger charge is 2.52. The topological polar surface area (TPSA) is 114 Å². The summed E-state index contributed by atoms with van der Waals surface area (Å²) in [6.07, 6.45) is 1.81. The highest BCUT2D eigenvalue weighted by Crippen LogP contribution is 2.44. The maximum absolute atomic E-state index is 13.6. The number of alkyl halides is 2. The molecule has 0 amide bonds. The average molecular weight is 557 g/mol. The van der Waals surface area contributed by atoms with Gasteiger partial charge in [-0.25, -0.2) is 26.9 Å². The number of nitrogens with one attached hydrogen (secondary N) is 2. The van der Waals surface area contributed by atoms with Crippen LogP contribution in [0.4, 0.5) is 14.5 Å². The fourth-order valence-corrected chi connectivity index (χ4v) is 8.87. The van der Waals surface area contributed by atoms with Gasteiger partial charge in [0.2, 0.25) is 10.0 Å². The van der Waals surface area contributed by atoms with Crippen LogP contribution in [-0.4, -0.2) is 75.0 Å². The normalized spacial score (nSPS) is 25.2. The van der Waals surface area contributed by atoms with Gasteiger partial charge in [0, 0.05) is 43.5 Å². The number of pyridine rings is 1. The third-order valence-corrected chi connectivity index (χ3v) is 11.0. The number of halogens is 2. The monoisotopic (exact) mass is 556 g/mol. The Kier molecular flexibility index (Phi) is 6.66. The summed E-state index contributed by atoms with van der Waals surface area (Å²) in [6.45, 7) is 7.30. The van der Waals surface area contributed by atoms with E-state index in [2.05, 4.69) is 43.3 Å². The molecule has 3 aromatic rings. The van der Waals surface area contributed by atoms with Crippen molar-refractivity contribution in [2.45, 2.75) is 49.7 Å². The lowest BCUT2D eigenvalue weighted by Crippen LogP contribution is -2.57. The molecule has 1 radical (unpaired) electrons. The summed E-state index contributed by atoms with van der Waals surface area (Å²) < 4.78 is 63.1. The van der Waals surface area contributed by atoms with Crippen LogP contribution >= 0.6 is 11.3 Å². The average Bonchev–Trinajstić information content (AvgIpc) is 3.16. The van der Waals surface area contributed by atoms with Gasteiger partial charge in [0.15, 0.2) is 24.8 Å². The van der Waals surface area contributed by atoms with Crippen LogP contribution in [0, 0.1) is 5.92 Å². The molecule has 3 aromatic heterocycles. The van der Waals surface area contributed by atoms with Crippen molar-refractivity contribution < 1.29 is 21.9 Å². The number of rotatable bonds is 8. The van der Waals surface area contributed by atoms with Crippen LogP contribution < -0.4 is 14.6 Å². The summed E-state index contributed by atoms with van der Waals surface area (Å²) in [7, 11) is -3.19. The van der Waals surface area contributed by atoms with Crippen molar-refractivity contribution in [3.05, 3.63) is 23.5 Å². The lowest BCUT2D eigenvalue weighted by Gasteiger charge is -2.37. The minimum atomic E-state index is -3.91. The van der Waals surface area contributed by atoms with Gasteiger partial charge in [-0.05, 0) is 26.3 Å². The second-order valence-electron chi connectivity index (χ2n) is 9.73. The van der Waals surface area contributed by atoms with Gasteiger partial charge in [0.05, 0.1) is 24.0 Å². The zero-order chi connectivity index (χ0) is 25.8. The molecular weight excluding hydrogens is 528 g/mol. The predicted octanol–water partition coefficient (Wildman–Crippen LogP) is 2.45. The van der Waals surface area contributed by atoms with Gasteiger partial charge in [-0.3, -0.25) is 4.40 Å². The molecule has 15 heteroatoms. The quantitative estimate of drug-likeness (QED) is 0.407. The number of hydrogen-bond acceptors (Lipinski definition) is 9. The van der Waals surface area contributed by atoms with E-state index in [9.17, 15) is 17.2 Å². The predicted molar refractivity (Wildman–Crippen MR) is 134 cm³/mol. The number of fused-ring (bicyclic) bond motifs is 1. The third kappa shape index (κ3) is 4.79. The highest BCUT2D eigenvalue weighted by atomic mass is 32.2. The molecule has 1 aliphatic heterocycles. The third-order valence-electron chi connectivity index (χ3n) is 6.63. The molecule has 0 bridgehead atoms. The fourth-order valence-electron chi connectivity index (χ4n) is 4.79. The number of ether oxygens (including phenoxy) is 1. The van der Waals surface area contributed by atoms with Gasteiger partial charge in [-0.2, -0.15) is 0 Å². The summed E-state index contributed by atoms with van der Waals surface area (Å²) in [5, 5.41) is 7.25. The van der Waals surface area contributed by atoms with E-state index < -0.39 is 36.0 Å². The molecule has 1 saturated heterocycles. The Hall–Kier alpha value is -2.04. The minimum Gasteiger partial charge on any atom is -0.384 e. The van der Waals surface area contributed by atoms with Crippen molar-refractivity contribution in [2.24, 2.45) is 5.92 Å². The number of anilines is 1. The van der Waals surface area contributed by atoms with Gasteiger partial charge in [0.1, 0.15) is 4.90 Å². The van der Waals surface area contributed by atoms with Gasteiger partial charge in [-0.15, -0.1) is 10.2 Å². The first-order valence-corrected chi connectivity index (χ1v) is 16.0. The van der Waals surface area contributed by atoms with Gasteiger partial charge >= 0.3 is 0 Å². The summed E-state index contributed by atoms with van der Waals surface area (Å²) in [4.78, 5) is 10.3. The Morgan fingerprint density at radius 3 is 2.86 bits per heavy atom. The molecule has 4 heterocycles. The molecule has 195 valence electrons. The summed E-state index contributed by atoms with van der Waals surface area (Å²) in [5.74, 6) is 0.366. The molecule has 2 N–H and O–H groups in total. The Morgan fingerprint density at radius 2 is 2.19 bits per heavy atom. The maximum Gasteiger partial charge on any atom is 0.291 e. The molecule has 0 spiro atoms. The summed E-state index contributed by atoms with van der Waals surface area (Å²) in [6, 6.07) is 1.91. The van der Waals surface area contributed by atoms with Crippen LogP contribution in [0.5, 0.6) is 0 Å². The molecule has 2 fully saturated rings. The molecule has 36 heavy (non-hydrogen) atoms. The Labute approximate surface area is 213 Å². The molecule has 0 unspecified atom stereocenters. The Balaban J connectivity index is 1.61. The molecule has 10 nitrogen and oxygen atoms in total. The van der Waals surface area contributed by atoms with E-state index in [-0.39, 0.29) is 27.7 Å². The van der Waals surface area contributed by atoms with Crippen molar-refractivity contribution in [1.29, 1.82) is 0 Å². The van der Waals surface area contributed by atoms with Gasteiger partial charge in [-0.1, -0.05) is 17.9 Å². The molecule has 1 saturated carbocycles. The fraction of sp³-hybridized carbons (Fsp3) is 0.571. The first kappa shape index (κ1) is 25.6. The van der Waals surface area contributed by atoms with Crippen LogP contribution in [-0.2, 0) is 14.8 Å². The number of sulfonamides is 1. The van der Waals surface area contributed by atoms with Gasteiger partial charge < -0.3 is 14.6 Å². The minimum absolute atomic E-state index is 0.0724. The second kappa shape index (κ2) is 9.36. The summed E-state index contributed by atoms with van der Waals surface area (Å²) in [5.41, 5.74) is 0.815. The first-order chi connectivity index (χ1) is 17.0. The zero-order valence-electron chi connectivity index (χ0n) is 20.3. The van der Waals surface area contributed by atoms with Crippen molar-refractivity contribution in [3.8, 4) is 10.8 Å². The number of nitrogens with zero attached hydrogens (tertiary/aromatic N) is 5. The van der Waals surface area contributed by atoms with E-state index in [1.807, 2.05) is 6.92 Å². The molecule has 3 atom stereocenters. The van der Waals surface area contributed by atoms with E-state index in [0.29, 0.717) is 25.1 Å². The lowest BCUT2D eigenvalue weighted by molar-refractivity contribution is 0.150. The second-order valence-corrected chi connectivity index (χ2v) is 14.6. The Bertz CT molecular complexity index is 1380. The van der Waals surface area contributed by atoms with Crippen LogP contribution in [0.3, 0.4) is 0 Å². The van der Waals surface area contributed by atoms with Crippen molar-refractivity contribution >= 4 is 41.5 Å². The van der Waals surface area contributed by atoms with Crippen molar-refractivity contribution in [1.82, 2.24) is 29.3 Å². The van der Waals surface area contributed by atoms with E-state index in [4.69, 9.17) is 4.74 Å². The van der Waals surface area contributed by atoms with Crippen LogP contribution in [0.15, 0.2) is 23.4 Å². The molecule has 0 aromatic carbocycles. The largest absolute Gasteiger partial charge is 0.384 e. The van der Waals surface area contributed by atoms with Crippen LogP contribution in [0.1, 0.15) is 31.7 Å². The standard InChI is InChI=1S/C21H28F2N7O3S2Si/c1-12-8-29(11-36(4)27-12)15-5-14(35(31,32)28-21(2)6-13(21)10-33-3)9-30-16(15)7-24-18(30)20-26-25-19(34-20)17(22)23/h5,7,9,12-13,17,27-28H,6,8,10-11H2,1-4H3/t12-,13-,21-/m0/s1. The van der Waals surface area contributed by atoms with Crippen LogP contribution in [0.25, 0.3) is 16.3 Å². The molecule has 1 aliphatic carbocycles. The van der Waals surface area contributed by atoms with E-state index in [1.54, 1.807) is 23.8 Å². The summed E-state index contributed by atoms with van der Waals surface area (Å²) >= 11 is 0.742. The molecule has 5 rings (SSSR count). The van der Waals surface area contributed by atoms with Gasteiger partial charge in [0.25, 0.3) is 6.43 Å². The van der Waals surface area contributed by atoms with E-state index in [1.165, 1.54) is 6.20 Å². The van der Waals surface area contributed by atoms with E-state index >= 15 is 0 Å². The lowest BCUT2D eigenvalue weighted by atomic mass is 10.2. The van der Waals surface area contributed by atoms with Crippen molar-refractivity contribution in [2.75, 3.05) is 31.3 Å². The SMILES string of the molecule is COC[C@@H]1C[C@]1(C)NS(=O)(=O)c1cc(N2C[C@H](C)N[Si](C)C2)c2cnc(-c3nnc(C(F)F)s3)n2c1. The number of methoxy groups -OCH3 is 1. The Morgan fingerprint density at radius 1 is 1.42 bits per heavy atom. The smallest absolute Gasteiger partial charge is 0.291 e.